The van der Waals surface area contributed by atoms with Crippen molar-refractivity contribution in [2.45, 2.75) is 24.3 Å². The van der Waals surface area contributed by atoms with E-state index in [1.807, 2.05) is 13.8 Å². The van der Waals surface area contributed by atoms with E-state index in [0.717, 1.165) is 0 Å². The first-order chi connectivity index (χ1) is 8.75. The van der Waals surface area contributed by atoms with Crippen molar-refractivity contribution < 1.29 is 13.2 Å². The van der Waals surface area contributed by atoms with Crippen molar-refractivity contribution in [3.63, 3.8) is 0 Å². The lowest BCUT2D eigenvalue weighted by molar-refractivity contribution is -0.00771. The van der Waals surface area contributed by atoms with Crippen molar-refractivity contribution in [3.05, 3.63) is 17.3 Å². The lowest BCUT2D eigenvalue weighted by Gasteiger charge is -2.40. The zero-order valence-electron chi connectivity index (χ0n) is 10.8. The van der Waals surface area contributed by atoms with Gasteiger partial charge < -0.3 is 10.5 Å². The molecule has 106 valence electrons. The summed E-state index contributed by atoms with van der Waals surface area (Å²) in [5, 5.41) is 0.132. The second kappa shape index (κ2) is 4.90. The fourth-order valence-corrected chi connectivity index (χ4v) is 3.95. The maximum absolute atomic E-state index is 12.6. The molecule has 0 saturated carbocycles. The third kappa shape index (κ3) is 2.69. The number of ether oxygens (including phenoxy) is 1. The SMILES string of the molecule is CC1(C)COCCN1S(=O)(=O)c1cnc(N)c(Cl)c1. The van der Waals surface area contributed by atoms with Crippen LogP contribution in [-0.2, 0) is 14.8 Å². The van der Waals surface area contributed by atoms with Gasteiger partial charge in [-0.05, 0) is 19.9 Å². The molecule has 0 amide bonds. The highest BCUT2D eigenvalue weighted by molar-refractivity contribution is 7.89. The molecular formula is C11H16ClN3O3S. The normalized spacial score (nSPS) is 20.4. The largest absolute Gasteiger partial charge is 0.382 e. The predicted octanol–water partition coefficient (Wildman–Crippen LogP) is 1.12. The van der Waals surface area contributed by atoms with Crippen molar-refractivity contribution in [2.75, 3.05) is 25.5 Å². The number of hydrogen-bond donors (Lipinski definition) is 1. The van der Waals surface area contributed by atoms with Gasteiger partial charge in [-0.2, -0.15) is 4.31 Å². The first-order valence-corrected chi connectivity index (χ1v) is 7.58. The van der Waals surface area contributed by atoms with E-state index in [9.17, 15) is 8.42 Å². The van der Waals surface area contributed by atoms with Gasteiger partial charge >= 0.3 is 0 Å². The Bertz CT molecular complexity index is 589. The van der Waals surface area contributed by atoms with Crippen molar-refractivity contribution in [3.8, 4) is 0 Å². The van der Waals surface area contributed by atoms with E-state index < -0.39 is 15.6 Å². The number of nitrogens with zero attached hydrogens (tertiary/aromatic N) is 2. The topological polar surface area (TPSA) is 85.5 Å². The highest BCUT2D eigenvalue weighted by atomic mass is 35.5. The molecule has 0 aliphatic carbocycles. The Labute approximate surface area is 117 Å². The van der Waals surface area contributed by atoms with Gasteiger partial charge in [0, 0.05) is 12.7 Å². The number of hydrogen-bond acceptors (Lipinski definition) is 5. The molecule has 0 radical (unpaired) electrons. The van der Waals surface area contributed by atoms with Gasteiger partial charge in [-0.25, -0.2) is 13.4 Å². The fraction of sp³-hybridized carbons (Fsp3) is 0.545. The standard InChI is InChI=1S/C11H16ClN3O3S/c1-11(2)7-18-4-3-15(11)19(16,17)8-5-9(12)10(13)14-6-8/h5-6H,3-4,7H2,1-2H3,(H2,13,14). The third-order valence-corrected chi connectivity index (χ3v) is 5.38. The fourth-order valence-electron chi connectivity index (χ4n) is 1.99. The number of aromatic nitrogens is 1. The zero-order valence-corrected chi connectivity index (χ0v) is 12.3. The van der Waals surface area contributed by atoms with Gasteiger partial charge in [-0.1, -0.05) is 11.6 Å². The van der Waals surface area contributed by atoms with E-state index in [-0.39, 0.29) is 15.7 Å². The van der Waals surface area contributed by atoms with E-state index in [1.165, 1.54) is 16.6 Å². The van der Waals surface area contributed by atoms with Crippen LogP contribution >= 0.6 is 11.6 Å². The number of nitrogens with two attached hydrogens (primary N) is 1. The first-order valence-electron chi connectivity index (χ1n) is 5.77. The molecule has 2 rings (SSSR count). The van der Waals surface area contributed by atoms with Crippen LogP contribution < -0.4 is 5.73 Å². The second-order valence-corrected chi connectivity index (χ2v) is 7.25. The summed E-state index contributed by atoms with van der Waals surface area (Å²) in [7, 11) is -3.66. The van der Waals surface area contributed by atoms with E-state index in [2.05, 4.69) is 4.98 Å². The minimum Gasteiger partial charge on any atom is -0.382 e. The molecule has 8 heteroatoms. The maximum Gasteiger partial charge on any atom is 0.245 e. The van der Waals surface area contributed by atoms with Crippen LogP contribution in [0.3, 0.4) is 0 Å². The number of morpholine rings is 1. The Kier molecular flexibility index (Phi) is 3.74. The second-order valence-electron chi connectivity index (χ2n) is 4.98. The van der Waals surface area contributed by atoms with E-state index in [4.69, 9.17) is 22.1 Å². The first kappa shape index (κ1) is 14.5. The van der Waals surface area contributed by atoms with Crippen molar-refractivity contribution in [1.82, 2.24) is 9.29 Å². The average Bonchev–Trinajstić information content (AvgIpc) is 2.31. The van der Waals surface area contributed by atoms with Gasteiger partial charge in [-0.3, -0.25) is 0 Å². The van der Waals surface area contributed by atoms with Crippen molar-refractivity contribution in [1.29, 1.82) is 0 Å². The Balaban J connectivity index is 2.44. The van der Waals surface area contributed by atoms with Gasteiger partial charge in [0.05, 0.1) is 23.8 Å². The molecule has 6 nitrogen and oxygen atoms in total. The molecule has 0 aromatic carbocycles. The van der Waals surface area contributed by atoms with E-state index in [1.54, 1.807) is 0 Å². The Hall–Kier alpha value is -0.890. The smallest absolute Gasteiger partial charge is 0.245 e. The number of sulfonamides is 1. The molecule has 0 atom stereocenters. The van der Waals surface area contributed by atoms with Crippen LogP contribution in [-0.4, -0.2) is 43.0 Å². The average molecular weight is 306 g/mol. The monoisotopic (exact) mass is 305 g/mol. The maximum atomic E-state index is 12.6. The van der Waals surface area contributed by atoms with E-state index >= 15 is 0 Å². The Morgan fingerprint density at radius 1 is 1.53 bits per heavy atom. The summed E-state index contributed by atoms with van der Waals surface area (Å²) in [5.74, 6) is 0.113. The van der Waals surface area contributed by atoms with Gasteiger partial charge in [-0.15, -0.1) is 0 Å². The van der Waals surface area contributed by atoms with Crippen molar-refractivity contribution >= 4 is 27.4 Å². The predicted molar refractivity (Wildman–Crippen MR) is 72.4 cm³/mol. The summed E-state index contributed by atoms with van der Waals surface area (Å²) in [4.78, 5) is 3.84. The number of nitrogen functional groups attached to an aromatic ring is 1. The lowest BCUT2D eigenvalue weighted by atomic mass is 10.1. The molecule has 0 spiro atoms. The van der Waals surface area contributed by atoms with Gasteiger partial charge in [0.15, 0.2) is 0 Å². The highest BCUT2D eigenvalue weighted by Crippen LogP contribution is 2.29. The number of rotatable bonds is 2. The van der Waals surface area contributed by atoms with Gasteiger partial charge in [0.25, 0.3) is 0 Å². The highest BCUT2D eigenvalue weighted by Gasteiger charge is 2.40. The number of pyridine rings is 1. The number of anilines is 1. The summed E-state index contributed by atoms with van der Waals surface area (Å²) in [6.07, 6.45) is 1.22. The summed E-state index contributed by atoms with van der Waals surface area (Å²) < 4.78 is 31.9. The van der Waals surface area contributed by atoms with Crippen LogP contribution in [0.1, 0.15) is 13.8 Å². The van der Waals surface area contributed by atoms with Crippen LogP contribution in [0.15, 0.2) is 17.2 Å². The lowest BCUT2D eigenvalue weighted by Crippen LogP contribution is -2.55. The molecule has 1 aliphatic rings. The molecule has 19 heavy (non-hydrogen) atoms. The van der Waals surface area contributed by atoms with Crippen LogP contribution in [0.4, 0.5) is 5.82 Å². The van der Waals surface area contributed by atoms with Crippen LogP contribution in [0.25, 0.3) is 0 Å². The molecule has 0 unspecified atom stereocenters. The minimum atomic E-state index is -3.66. The van der Waals surface area contributed by atoms with Crippen LogP contribution in [0, 0.1) is 0 Å². The molecule has 1 aromatic heterocycles. The van der Waals surface area contributed by atoms with Crippen LogP contribution in [0.2, 0.25) is 5.02 Å². The number of halogens is 1. The van der Waals surface area contributed by atoms with Crippen LogP contribution in [0.5, 0.6) is 0 Å². The summed E-state index contributed by atoms with van der Waals surface area (Å²) >= 11 is 5.83. The summed E-state index contributed by atoms with van der Waals surface area (Å²) in [5.41, 5.74) is 4.89. The molecule has 0 bridgehead atoms. The van der Waals surface area contributed by atoms with Gasteiger partial charge in [0.2, 0.25) is 10.0 Å². The van der Waals surface area contributed by atoms with E-state index in [0.29, 0.717) is 19.8 Å². The molecular weight excluding hydrogens is 290 g/mol. The molecule has 1 saturated heterocycles. The summed E-state index contributed by atoms with van der Waals surface area (Å²) in [6.45, 7) is 4.66. The Morgan fingerprint density at radius 2 is 2.21 bits per heavy atom. The molecule has 1 aromatic rings. The molecule has 1 fully saturated rings. The zero-order chi connectivity index (χ0) is 14.3. The van der Waals surface area contributed by atoms with Crippen molar-refractivity contribution in [2.24, 2.45) is 0 Å². The quantitative estimate of drug-likeness (QED) is 0.885. The molecule has 2 N–H and O–H groups in total. The third-order valence-electron chi connectivity index (χ3n) is 3.00. The Morgan fingerprint density at radius 3 is 2.79 bits per heavy atom. The molecule has 2 heterocycles. The molecule has 1 aliphatic heterocycles. The summed E-state index contributed by atoms with van der Waals surface area (Å²) in [6, 6.07) is 1.32. The van der Waals surface area contributed by atoms with Gasteiger partial charge in [0.1, 0.15) is 10.7 Å². The minimum absolute atomic E-state index is 0.0432.